The minimum absolute atomic E-state index is 0.250. The van der Waals surface area contributed by atoms with Gasteiger partial charge in [0.15, 0.2) is 5.41 Å². The molecule has 7 heteroatoms. The molecule has 1 aliphatic heterocycles. The van der Waals surface area contributed by atoms with Gasteiger partial charge in [0.05, 0.1) is 0 Å². The highest BCUT2D eigenvalue weighted by atomic mass is 19.4. The molecule has 0 radical (unpaired) electrons. The van der Waals surface area contributed by atoms with Crippen LogP contribution in [0.4, 0.5) is 23.2 Å². The SMILES string of the molecule is Cc1ccc(C)c(N2CCN(C(=O)[C@]3(C(F)(F)F)C[C@H]3c3ccc(F)cc3)CC2)c1. The number of rotatable bonds is 3. The number of hydrogen-bond acceptors (Lipinski definition) is 2. The number of benzene rings is 2. The first-order valence-corrected chi connectivity index (χ1v) is 10.1. The van der Waals surface area contributed by atoms with E-state index in [1.54, 1.807) is 0 Å². The molecule has 0 N–H and O–H groups in total. The van der Waals surface area contributed by atoms with Crippen molar-refractivity contribution in [3.05, 3.63) is 65.0 Å². The molecule has 1 saturated carbocycles. The van der Waals surface area contributed by atoms with E-state index in [1.807, 2.05) is 26.0 Å². The molecular formula is C23H24F4N2O. The van der Waals surface area contributed by atoms with Crippen LogP contribution in [0.25, 0.3) is 0 Å². The van der Waals surface area contributed by atoms with Gasteiger partial charge in [0.25, 0.3) is 0 Å². The molecule has 2 atom stereocenters. The van der Waals surface area contributed by atoms with Crippen LogP contribution >= 0.6 is 0 Å². The van der Waals surface area contributed by atoms with Crippen LogP contribution in [0.5, 0.6) is 0 Å². The van der Waals surface area contributed by atoms with Gasteiger partial charge in [-0.3, -0.25) is 4.79 Å². The minimum Gasteiger partial charge on any atom is -0.368 e. The second kappa shape index (κ2) is 7.29. The zero-order chi connectivity index (χ0) is 21.7. The number of anilines is 1. The van der Waals surface area contributed by atoms with Crippen molar-refractivity contribution in [3.8, 4) is 0 Å². The molecule has 30 heavy (non-hydrogen) atoms. The quantitative estimate of drug-likeness (QED) is 0.665. The Morgan fingerprint density at radius 3 is 2.23 bits per heavy atom. The maximum absolute atomic E-state index is 14.0. The molecule has 160 valence electrons. The first-order valence-electron chi connectivity index (χ1n) is 10.1. The van der Waals surface area contributed by atoms with Gasteiger partial charge < -0.3 is 9.80 Å². The van der Waals surface area contributed by atoms with E-state index in [9.17, 15) is 22.4 Å². The number of halogens is 4. The van der Waals surface area contributed by atoms with E-state index in [0.29, 0.717) is 18.7 Å². The average Bonchev–Trinajstić information content (AvgIpc) is 3.47. The normalized spacial score (nSPS) is 24.1. The van der Waals surface area contributed by atoms with E-state index in [1.165, 1.54) is 17.0 Å². The number of amides is 1. The maximum Gasteiger partial charge on any atom is 0.403 e. The van der Waals surface area contributed by atoms with E-state index < -0.39 is 29.2 Å². The molecule has 0 aromatic heterocycles. The van der Waals surface area contributed by atoms with Crippen LogP contribution in [0.15, 0.2) is 42.5 Å². The molecule has 1 aliphatic carbocycles. The van der Waals surface area contributed by atoms with Crippen LogP contribution in [0, 0.1) is 25.1 Å². The number of alkyl halides is 3. The molecule has 2 aromatic rings. The zero-order valence-electron chi connectivity index (χ0n) is 17.0. The second-order valence-electron chi connectivity index (χ2n) is 8.35. The Morgan fingerprint density at radius 1 is 1.00 bits per heavy atom. The Bertz CT molecular complexity index is 949. The molecule has 4 rings (SSSR count). The third kappa shape index (κ3) is 3.44. The number of hydrogen-bond donors (Lipinski definition) is 0. The molecule has 1 heterocycles. The lowest BCUT2D eigenvalue weighted by atomic mass is 9.96. The molecule has 2 aliphatic rings. The third-order valence-electron chi connectivity index (χ3n) is 6.39. The molecule has 0 spiro atoms. The minimum atomic E-state index is -4.65. The van der Waals surface area contributed by atoms with Gasteiger partial charge in [-0.1, -0.05) is 24.3 Å². The molecule has 0 unspecified atom stereocenters. The van der Waals surface area contributed by atoms with Gasteiger partial charge in [-0.25, -0.2) is 4.39 Å². The Balaban J connectivity index is 1.51. The summed E-state index contributed by atoms with van der Waals surface area (Å²) in [4.78, 5) is 16.5. The van der Waals surface area contributed by atoms with E-state index >= 15 is 0 Å². The highest BCUT2D eigenvalue weighted by Gasteiger charge is 2.76. The summed E-state index contributed by atoms with van der Waals surface area (Å²) in [5.74, 6) is -2.32. The molecule has 3 nitrogen and oxygen atoms in total. The van der Waals surface area contributed by atoms with E-state index in [4.69, 9.17) is 0 Å². The fourth-order valence-electron chi connectivity index (χ4n) is 4.52. The first kappa shape index (κ1) is 20.7. The van der Waals surface area contributed by atoms with E-state index in [-0.39, 0.29) is 19.5 Å². The van der Waals surface area contributed by atoms with E-state index in [2.05, 4.69) is 11.0 Å². The summed E-state index contributed by atoms with van der Waals surface area (Å²) in [7, 11) is 0. The zero-order valence-corrected chi connectivity index (χ0v) is 17.0. The number of carbonyl (C=O) groups is 1. The maximum atomic E-state index is 14.0. The van der Waals surface area contributed by atoms with Gasteiger partial charge in [-0.05, 0) is 55.2 Å². The number of carbonyl (C=O) groups excluding carboxylic acids is 1. The van der Waals surface area contributed by atoms with Crippen LogP contribution in [0.1, 0.15) is 29.0 Å². The lowest BCUT2D eigenvalue weighted by molar-refractivity contribution is -0.200. The van der Waals surface area contributed by atoms with Crippen molar-refractivity contribution in [2.45, 2.75) is 32.4 Å². The summed E-state index contributed by atoms with van der Waals surface area (Å²) in [6, 6.07) is 11.1. The van der Waals surface area contributed by atoms with Gasteiger partial charge in [-0.2, -0.15) is 13.2 Å². The second-order valence-corrected chi connectivity index (χ2v) is 8.35. The van der Waals surface area contributed by atoms with Crippen molar-refractivity contribution < 1.29 is 22.4 Å². The fourth-order valence-corrected chi connectivity index (χ4v) is 4.52. The fraction of sp³-hybridized carbons (Fsp3) is 0.435. The van der Waals surface area contributed by atoms with Crippen molar-refractivity contribution in [1.29, 1.82) is 0 Å². The van der Waals surface area contributed by atoms with Crippen LogP contribution in [0.3, 0.4) is 0 Å². The number of aryl methyl sites for hydroxylation is 2. The molecule has 1 saturated heterocycles. The topological polar surface area (TPSA) is 23.6 Å². The van der Waals surface area contributed by atoms with Gasteiger partial charge in [0.1, 0.15) is 5.82 Å². The summed E-state index contributed by atoms with van der Waals surface area (Å²) < 4.78 is 55.2. The monoisotopic (exact) mass is 420 g/mol. The van der Waals surface area contributed by atoms with Crippen LogP contribution in [0.2, 0.25) is 0 Å². The molecule has 2 aromatic carbocycles. The Morgan fingerprint density at radius 2 is 1.63 bits per heavy atom. The van der Waals surface area contributed by atoms with Gasteiger partial charge in [-0.15, -0.1) is 0 Å². The Labute approximate surface area is 173 Å². The van der Waals surface area contributed by atoms with Gasteiger partial charge in [0.2, 0.25) is 5.91 Å². The number of nitrogens with zero attached hydrogens (tertiary/aromatic N) is 2. The van der Waals surface area contributed by atoms with Gasteiger partial charge in [0, 0.05) is 37.8 Å². The van der Waals surface area contributed by atoms with Crippen molar-refractivity contribution in [2.24, 2.45) is 5.41 Å². The van der Waals surface area contributed by atoms with Crippen LogP contribution in [-0.4, -0.2) is 43.2 Å². The molecule has 2 fully saturated rings. The Kier molecular flexibility index (Phi) is 5.03. The predicted octanol–water partition coefficient (Wildman–Crippen LogP) is 4.83. The highest BCUT2D eigenvalue weighted by Crippen LogP contribution is 2.68. The summed E-state index contributed by atoms with van der Waals surface area (Å²) >= 11 is 0. The van der Waals surface area contributed by atoms with Crippen LogP contribution < -0.4 is 4.90 Å². The van der Waals surface area contributed by atoms with Crippen molar-refractivity contribution >= 4 is 11.6 Å². The van der Waals surface area contributed by atoms with Crippen molar-refractivity contribution in [2.75, 3.05) is 31.1 Å². The smallest absolute Gasteiger partial charge is 0.368 e. The summed E-state index contributed by atoms with van der Waals surface area (Å²) in [5.41, 5.74) is 1.24. The summed E-state index contributed by atoms with van der Waals surface area (Å²) in [5, 5.41) is 0. The third-order valence-corrected chi connectivity index (χ3v) is 6.39. The predicted molar refractivity (Wildman–Crippen MR) is 107 cm³/mol. The highest BCUT2D eigenvalue weighted by molar-refractivity contribution is 5.89. The number of piperazine rings is 1. The lowest BCUT2D eigenvalue weighted by Crippen LogP contribution is -2.53. The molecule has 0 bridgehead atoms. The van der Waals surface area contributed by atoms with Crippen LogP contribution in [-0.2, 0) is 4.79 Å². The van der Waals surface area contributed by atoms with Crippen molar-refractivity contribution in [1.82, 2.24) is 4.90 Å². The van der Waals surface area contributed by atoms with Gasteiger partial charge >= 0.3 is 6.18 Å². The molecular weight excluding hydrogens is 396 g/mol. The first-order chi connectivity index (χ1) is 14.1. The Hall–Kier alpha value is -2.57. The lowest BCUT2D eigenvalue weighted by Gasteiger charge is -2.39. The molecule has 1 amide bonds. The largest absolute Gasteiger partial charge is 0.403 e. The standard InChI is InChI=1S/C23H24F4N2O/c1-15-3-4-16(2)20(13-15)28-9-11-29(12-10-28)21(30)22(23(25,26)27)14-19(22)17-5-7-18(24)8-6-17/h3-8,13,19H,9-12,14H2,1-2H3/t19-,22-/m0/s1. The average molecular weight is 420 g/mol. The van der Waals surface area contributed by atoms with Crippen molar-refractivity contribution in [3.63, 3.8) is 0 Å². The summed E-state index contributed by atoms with van der Waals surface area (Å²) in [6.07, 6.45) is -4.93. The van der Waals surface area contributed by atoms with E-state index in [0.717, 1.165) is 28.9 Å². The summed E-state index contributed by atoms with van der Waals surface area (Å²) in [6.45, 7) is 5.48.